The van der Waals surface area contributed by atoms with E-state index in [9.17, 15) is 9.59 Å². The maximum absolute atomic E-state index is 12.4. The van der Waals surface area contributed by atoms with Crippen molar-refractivity contribution in [1.29, 1.82) is 0 Å². The van der Waals surface area contributed by atoms with Crippen molar-refractivity contribution in [3.05, 3.63) is 121 Å². The fraction of sp³-hybridized carbons (Fsp3) is 0.0435. The summed E-state index contributed by atoms with van der Waals surface area (Å²) in [6.45, 7) is 0.438. The van der Waals surface area contributed by atoms with Gasteiger partial charge in [-0.1, -0.05) is 36.4 Å². The van der Waals surface area contributed by atoms with E-state index in [1.54, 1.807) is 48.9 Å². The Labute approximate surface area is 171 Å². The quantitative estimate of drug-likeness (QED) is 0.524. The van der Waals surface area contributed by atoms with Crippen molar-refractivity contribution in [1.82, 2.24) is 19.9 Å². The molecular weight excluding hydrogens is 380 g/mol. The molecule has 0 aliphatic heterocycles. The van der Waals surface area contributed by atoms with Crippen LogP contribution < -0.4 is 26.6 Å². The molecule has 1 aromatic carbocycles. The van der Waals surface area contributed by atoms with E-state index in [1.807, 2.05) is 30.3 Å². The molecule has 0 aliphatic rings. The van der Waals surface area contributed by atoms with Gasteiger partial charge in [-0.2, -0.15) is 0 Å². The minimum Gasteiger partial charge on any atom is -0.487 e. The van der Waals surface area contributed by atoms with Crippen molar-refractivity contribution in [3.63, 3.8) is 0 Å². The van der Waals surface area contributed by atoms with Crippen LogP contribution in [0.1, 0.15) is 16.8 Å². The van der Waals surface area contributed by atoms with E-state index >= 15 is 0 Å². The number of ether oxygens (including phenoxy) is 1. The monoisotopic (exact) mass is 398 g/mol. The van der Waals surface area contributed by atoms with Gasteiger partial charge in [0.2, 0.25) is 0 Å². The molecule has 0 unspecified atom stereocenters. The van der Waals surface area contributed by atoms with E-state index in [0.717, 1.165) is 5.56 Å². The molecule has 0 bridgehead atoms. The molecule has 0 saturated carbocycles. The average molecular weight is 398 g/mol. The normalized spacial score (nSPS) is 12.1. The number of nitrogens with one attached hydrogen (secondary N) is 2. The topological polar surface area (TPSA) is 101 Å². The Balaban J connectivity index is 1.56. The molecule has 3 aromatic heterocycles. The van der Waals surface area contributed by atoms with Gasteiger partial charge in [0, 0.05) is 12.4 Å². The standard InChI is InChI=1S/C23H18N4O3/c28-22-20(11-17-7-4-10-24-13-17)26-23(29)21(27-22)12-18-8-9-19(14-25-18)30-15-16-5-2-1-3-6-16/h1-14H,15H2,(H,26,29)(H,27,28)/b20-11+,21-12+. The molecule has 0 aliphatic carbocycles. The van der Waals surface area contributed by atoms with Crippen molar-refractivity contribution in [3.8, 4) is 5.75 Å². The second-order valence-corrected chi connectivity index (χ2v) is 6.50. The van der Waals surface area contributed by atoms with Crippen LogP contribution >= 0.6 is 0 Å². The number of aromatic amines is 2. The summed E-state index contributed by atoms with van der Waals surface area (Å²) in [5.41, 5.74) is 1.46. The Morgan fingerprint density at radius 1 is 0.833 bits per heavy atom. The summed E-state index contributed by atoms with van der Waals surface area (Å²) >= 11 is 0. The summed E-state index contributed by atoms with van der Waals surface area (Å²) < 4.78 is 5.70. The number of hydrogen-bond donors (Lipinski definition) is 2. The molecule has 7 nitrogen and oxygen atoms in total. The highest BCUT2D eigenvalue weighted by atomic mass is 16.5. The predicted octanol–water partition coefficient (Wildman–Crippen LogP) is 1.09. The second-order valence-electron chi connectivity index (χ2n) is 6.50. The fourth-order valence-corrected chi connectivity index (χ4v) is 2.78. The number of pyridine rings is 2. The molecule has 2 N–H and O–H groups in total. The molecule has 0 fully saturated rings. The average Bonchev–Trinajstić information content (AvgIpc) is 2.78. The number of benzene rings is 1. The van der Waals surface area contributed by atoms with Crippen LogP contribution in [-0.4, -0.2) is 19.9 Å². The minimum absolute atomic E-state index is 0.119. The number of H-pyrrole nitrogens is 2. The van der Waals surface area contributed by atoms with Crippen molar-refractivity contribution in [2.24, 2.45) is 0 Å². The van der Waals surface area contributed by atoms with Gasteiger partial charge in [0.15, 0.2) is 0 Å². The summed E-state index contributed by atoms with van der Waals surface area (Å²) in [5, 5.41) is 0.275. The van der Waals surface area contributed by atoms with Gasteiger partial charge in [0.25, 0.3) is 11.1 Å². The van der Waals surface area contributed by atoms with Crippen LogP contribution in [0.15, 0.2) is 82.8 Å². The van der Waals surface area contributed by atoms with E-state index in [4.69, 9.17) is 4.74 Å². The molecule has 0 spiro atoms. The second kappa shape index (κ2) is 8.83. The van der Waals surface area contributed by atoms with E-state index in [0.29, 0.717) is 23.6 Å². The molecule has 0 saturated heterocycles. The van der Waals surface area contributed by atoms with Gasteiger partial charge in [-0.15, -0.1) is 0 Å². The van der Waals surface area contributed by atoms with E-state index in [1.165, 1.54) is 6.08 Å². The highest BCUT2D eigenvalue weighted by molar-refractivity contribution is 5.46. The lowest BCUT2D eigenvalue weighted by atomic mass is 10.2. The van der Waals surface area contributed by atoms with E-state index < -0.39 is 11.1 Å². The highest BCUT2D eigenvalue weighted by Gasteiger charge is 2.00. The first-order valence-electron chi connectivity index (χ1n) is 9.26. The molecular formula is C23H18N4O3. The lowest BCUT2D eigenvalue weighted by Crippen LogP contribution is -2.46. The van der Waals surface area contributed by atoms with Gasteiger partial charge < -0.3 is 14.7 Å². The third-order valence-electron chi connectivity index (χ3n) is 4.28. The van der Waals surface area contributed by atoms with Crippen LogP contribution in [0.3, 0.4) is 0 Å². The van der Waals surface area contributed by atoms with Crippen LogP contribution in [0.25, 0.3) is 12.2 Å². The van der Waals surface area contributed by atoms with Crippen LogP contribution in [0.2, 0.25) is 0 Å². The minimum atomic E-state index is -0.420. The third-order valence-corrected chi connectivity index (χ3v) is 4.28. The van der Waals surface area contributed by atoms with Crippen molar-refractivity contribution in [2.45, 2.75) is 6.61 Å². The van der Waals surface area contributed by atoms with E-state index in [-0.39, 0.29) is 10.7 Å². The van der Waals surface area contributed by atoms with Gasteiger partial charge >= 0.3 is 0 Å². The van der Waals surface area contributed by atoms with Crippen LogP contribution in [0, 0.1) is 0 Å². The largest absolute Gasteiger partial charge is 0.487 e. The molecule has 7 heteroatoms. The van der Waals surface area contributed by atoms with Crippen molar-refractivity contribution in [2.75, 3.05) is 0 Å². The smallest absolute Gasteiger partial charge is 0.272 e. The highest BCUT2D eigenvalue weighted by Crippen LogP contribution is 2.12. The number of rotatable bonds is 5. The lowest BCUT2D eigenvalue weighted by Gasteiger charge is -2.05. The molecule has 0 atom stereocenters. The first-order valence-corrected chi connectivity index (χ1v) is 9.26. The number of hydrogen-bond acceptors (Lipinski definition) is 5. The summed E-state index contributed by atoms with van der Waals surface area (Å²) in [6, 6.07) is 16.8. The zero-order valence-electron chi connectivity index (χ0n) is 15.9. The molecule has 148 valence electrons. The molecule has 4 aromatic rings. The van der Waals surface area contributed by atoms with Gasteiger partial charge in [0.05, 0.1) is 11.9 Å². The van der Waals surface area contributed by atoms with Crippen LogP contribution in [-0.2, 0) is 6.61 Å². The van der Waals surface area contributed by atoms with Crippen molar-refractivity contribution >= 4 is 12.2 Å². The van der Waals surface area contributed by atoms with E-state index in [2.05, 4.69) is 19.9 Å². The van der Waals surface area contributed by atoms with Gasteiger partial charge in [-0.3, -0.25) is 19.6 Å². The number of aromatic nitrogens is 4. The maximum atomic E-state index is 12.4. The lowest BCUT2D eigenvalue weighted by molar-refractivity contribution is 0.305. The summed E-state index contributed by atoms with van der Waals surface area (Å²) in [5.74, 6) is 0.611. The summed E-state index contributed by atoms with van der Waals surface area (Å²) in [6.07, 6.45) is 7.88. The first kappa shape index (κ1) is 19.1. The predicted molar refractivity (Wildman–Crippen MR) is 113 cm³/mol. The zero-order valence-corrected chi connectivity index (χ0v) is 15.9. The molecule has 3 heterocycles. The van der Waals surface area contributed by atoms with Gasteiger partial charge in [-0.25, -0.2) is 0 Å². The maximum Gasteiger partial charge on any atom is 0.272 e. The molecule has 4 rings (SSSR count). The molecule has 30 heavy (non-hydrogen) atoms. The van der Waals surface area contributed by atoms with Crippen LogP contribution in [0.5, 0.6) is 5.75 Å². The SMILES string of the molecule is O=c1[nH]/c(=C/c2ccc(OCc3ccccc3)cn2)c(=O)[nH]/c1=C/c1cccnc1. The molecule has 0 radical (unpaired) electrons. The first-order chi connectivity index (χ1) is 14.7. The van der Waals surface area contributed by atoms with Gasteiger partial charge in [-0.05, 0) is 41.5 Å². The Kier molecular flexibility index (Phi) is 5.61. The Hall–Kier alpha value is -4.26. The number of nitrogens with zero attached hydrogens (tertiary/aromatic N) is 2. The Bertz CT molecular complexity index is 1360. The van der Waals surface area contributed by atoms with Crippen molar-refractivity contribution < 1.29 is 4.74 Å². The fourth-order valence-electron chi connectivity index (χ4n) is 2.78. The summed E-state index contributed by atoms with van der Waals surface area (Å²) in [7, 11) is 0. The Morgan fingerprint density at radius 2 is 1.60 bits per heavy atom. The third kappa shape index (κ3) is 4.77. The van der Waals surface area contributed by atoms with Crippen LogP contribution in [0.4, 0.5) is 0 Å². The molecule has 0 amide bonds. The van der Waals surface area contributed by atoms with Gasteiger partial charge in [0.1, 0.15) is 23.1 Å². The Morgan fingerprint density at radius 3 is 2.27 bits per heavy atom. The zero-order chi connectivity index (χ0) is 20.8. The summed E-state index contributed by atoms with van der Waals surface area (Å²) in [4.78, 5) is 38.1.